The van der Waals surface area contributed by atoms with Crippen molar-refractivity contribution >= 4 is 27.3 Å². The molecule has 0 radical (unpaired) electrons. The summed E-state index contributed by atoms with van der Waals surface area (Å²) in [5.74, 6) is 0. The van der Waals surface area contributed by atoms with Crippen LogP contribution >= 0.6 is 11.6 Å². The molecule has 0 amide bonds. The number of nitro benzene ring substituents is 1. The molecule has 0 aromatic heterocycles. The summed E-state index contributed by atoms with van der Waals surface area (Å²) in [6.45, 7) is 0. The van der Waals surface area contributed by atoms with E-state index in [2.05, 4.69) is 0 Å². The highest BCUT2D eigenvalue weighted by Crippen LogP contribution is 2.31. The first-order valence-corrected chi connectivity index (χ1v) is 8.08. The van der Waals surface area contributed by atoms with E-state index in [-0.39, 0.29) is 16.0 Å². The SMILES string of the molecule is CN(C1CCCC1)S(=O)(=O)c1ccc(Cl)c([N+](=O)[O-])c1. The second kappa shape index (κ2) is 5.67. The van der Waals surface area contributed by atoms with Gasteiger partial charge in [0.25, 0.3) is 5.69 Å². The lowest BCUT2D eigenvalue weighted by Gasteiger charge is -2.23. The van der Waals surface area contributed by atoms with Crippen LogP contribution in [-0.2, 0) is 10.0 Å². The van der Waals surface area contributed by atoms with Crippen molar-refractivity contribution in [2.45, 2.75) is 36.6 Å². The molecule has 0 bridgehead atoms. The van der Waals surface area contributed by atoms with Gasteiger partial charge in [0.1, 0.15) is 5.02 Å². The first-order valence-electron chi connectivity index (χ1n) is 6.26. The van der Waals surface area contributed by atoms with Crippen molar-refractivity contribution in [3.8, 4) is 0 Å². The zero-order valence-corrected chi connectivity index (χ0v) is 12.5. The topological polar surface area (TPSA) is 80.5 Å². The highest BCUT2D eigenvalue weighted by Gasteiger charge is 2.31. The van der Waals surface area contributed by atoms with Gasteiger partial charge in [-0.05, 0) is 25.0 Å². The highest BCUT2D eigenvalue weighted by atomic mass is 35.5. The molecule has 2 rings (SSSR count). The maximum atomic E-state index is 12.5. The lowest BCUT2D eigenvalue weighted by molar-refractivity contribution is -0.384. The zero-order chi connectivity index (χ0) is 14.9. The van der Waals surface area contributed by atoms with Gasteiger partial charge in [-0.15, -0.1) is 0 Å². The van der Waals surface area contributed by atoms with Crippen LogP contribution < -0.4 is 0 Å². The van der Waals surface area contributed by atoms with E-state index in [0.717, 1.165) is 31.7 Å². The fraction of sp³-hybridized carbons (Fsp3) is 0.500. The Morgan fingerprint density at radius 3 is 2.50 bits per heavy atom. The summed E-state index contributed by atoms with van der Waals surface area (Å²) in [6, 6.07) is 3.53. The van der Waals surface area contributed by atoms with Crippen LogP contribution in [0.25, 0.3) is 0 Å². The van der Waals surface area contributed by atoms with Crippen molar-refractivity contribution in [1.29, 1.82) is 0 Å². The Morgan fingerprint density at radius 1 is 1.35 bits per heavy atom. The fourth-order valence-electron chi connectivity index (χ4n) is 2.42. The summed E-state index contributed by atoms with van der Waals surface area (Å²) >= 11 is 5.70. The van der Waals surface area contributed by atoms with Gasteiger partial charge in [0.2, 0.25) is 10.0 Å². The predicted molar refractivity (Wildman–Crippen MR) is 75.3 cm³/mol. The van der Waals surface area contributed by atoms with Crippen LogP contribution in [0.15, 0.2) is 23.1 Å². The van der Waals surface area contributed by atoms with Crippen LogP contribution in [0, 0.1) is 10.1 Å². The van der Waals surface area contributed by atoms with Crippen molar-refractivity contribution in [3.05, 3.63) is 33.3 Å². The number of benzene rings is 1. The molecule has 0 atom stereocenters. The highest BCUT2D eigenvalue weighted by molar-refractivity contribution is 7.89. The smallest absolute Gasteiger partial charge is 0.258 e. The van der Waals surface area contributed by atoms with Gasteiger partial charge in [0, 0.05) is 19.2 Å². The molecular formula is C12H15ClN2O4S. The molecule has 0 unspecified atom stereocenters. The Bertz CT molecular complexity index is 626. The maximum absolute atomic E-state index is 12.5. The lowest BCUT2D eigenvalue weighted by Crippen LogP contribution is -2.35. The van der Waals surface area contributed by atoms with E-state index in [9.17, 15) is 18.5 Å². The Labute approximate surface area is 122 Å². The number of nitrogens with zero attached hydrogens (tertiary/aromatic N) is 2. The average Bonchev–Trinajstić information content (AvgIpc) is 2.91. The third-order valence-electron chi connectivity index (χ3n) is 3.63. The molecule has 0 heterocycles. The molecule has 1 aromatic rings. The number of hydrogen-bond acceptors (Lipinski definition) is 4. The van der Waals surface area contributed by atoms with Gasteiger partial charge in [-0.3, -0.25) is 10.1 Å². The molecule has 1 aliphatic carbocycles. The van der Waals surface area contributed by atoms with E-state index in [4.69, 9.17) is 11.6 Å². The Balaban J connectivity index is 2.38. The summed E-state index contributed by atoms with van der Waals surface area (Å²) in [5.41, 5.74) is -0.396. The number of nitro groups is 1. The van der Waals surface area contributed by atoms with Gasteiger partial charge in [-0.1, -0.05) is 24.4 Å². The third-order valence-corrected chi connectivity index (χ3v) is 5.86. The minimum Gasteiger partial charge on any atom is -0.258 e. The molecule has 1 aliphatic rings. The average molecular weight is 319 g/mol. The molecule has 1 fully saturated rings. The van der Waals surface area contributed by atoms with Crippen molar-refractivity contribution in [1.82, 2.24) is 4.31 Å². The van der Waals surface area contributed by atoms with Crippen LogP contribution in [0.2, 0.25) is 5.02 Å². The van der Waals surface area contributed by atoms with Gasteiger partial charge in [0.05, 0.1) is 9.82 Å². The molecule has 8 heteroatoms. The van der Waals surface area contributed by atoms with Crippen LogP contribution in [0.4, 0.5) is 5.69 Å². The maximum Gasteiger partial charge on any atom is 0.289 e. The molecule has 20 heavy (non-hydrogen) atoms. The molecule has 1 aromatic carbocycles. The number of rotatable bonds is 4. The Kier molecular flexibility index (Phi) is 4.31. The van der Waals surface area contributed by atoms with Crippen LogP contribution in [-0.4, -0.2) is 30.7 Å². The van der Waals surface area contributed by atoms with E-state index in [1.54, 1.807) is 0 Å². The Morgan fingerprint density at radius 2 is 1.95 bits per heavy atom. The minimum absolute atomic E-state index is 0.0327. The van der Waals surface area contributed by atoms with E-state index in [0.29, 0.717) is 0 Å². The van der Waals surface area contributed by atoms with Gasteiger partial charge in [0.15, 0.2) is 0 Å². The summed E-state index contributed by atoms with van der Waals surface area (Å²) < 4.78 is 26.2. The first-order chi connectivity index (χ1) is 9.34. The molecule has 0 spiro atoms. The van der Waals surface area contributed by atoms with Crippen molar-refractivity contribution < 1.29 is 13.3 Å². The first kappa shape index (κ1) is 15.2. The molecule has 6 nitrogen and oxygen atoms in total. The zero-order valence-electron chi connectivity index (χ0n) is 11.0. The molecule has 110 valence electrons. The van der Waals surface area contributed by atoms with Gasteiger partial charge >= 0.3 is 0 Å². The predicted octanol–water partition coefficient (Wildman–Crippen LogP) is 2.81. The summed E-state index contributed by atoms with van der Waals surface area (Å²) in [4.78, 5) is 10.1. The number of halogens is 1. The van der Waals surface area contributed by atoms with E-state index in [1.165, 1.54) is 23.5 Å². The lowest BCUT2D eigenvalue weighted by atomic mass is 10.3. The molecule has 1 saturated carbocycles. The summed E-state index contributed by atoms with van der Waals surface area (Å²) in [7, 11) is -2.21. The minimum atomic E-state index is -3.72. The van der Waals surface area contributed by atoms with Crippen molar-refractivity contribution in [2.24, 2.45) is 0 Å². The van der Waals surface area contributed by atoms with Crippen LogP contribution in [0.1, 0.15) is 25.7 Å². The fourth-order valence-corrected chi connectivity index (χ4v) is 4.05. The van der Waals surface area contributed by atoms with Gasteiger partial charge in [-0.25, -0.2) is 8.42 Å². The van der Waals surface area contributed by atoms with Crippen LogP contribution in [0.3, 0.4) is 0 Å². The molecule has 0 saturated heterocycles. The second-order valence-electron chi connectivity index (χ2n) is 4.83. The third kappa shape index (κ3) is 2.79. The van der Waals surface area contributed by atoms with E-state index in [1.807, 2.05) is 0 Å². The summed E-state index contributed by atoms with van der Waals surface area (Å²) in [6.07, 6.45) is 3.66. The molecule has 0 N–H and O–H groups in total. The van der Waals surface area contributed by atoms with Crippen molar-refractivity contribution in [2.75, 3.05) is 7.05 Å². The van der Waals surface area contributed by atoms with E-state index >= 15 is 0 Å². The summed E-state index contributed by atoms with van der Waals surface area (Å²) in [5, 5.41) is 10.8. The monoisotopic (exact) mass is 318 g/mol. The van der Waals surface area contributed by atoms with E-state index < -0.39 is 20.6 Å². The number of hydrogen-bond donors (Lipinski definition) is 0. The molecular weight excluding hydrogens is 304 g/mol. The van der Waals surface area contributed by atoms with Crippen molar-refractivity contribution in [3.63, 3.8) is 0 Å². The van der Waals surface area contributed by atoms with Gasteiger partial charge in [-0.2, -0.15) is 4.31 Å². The molecule has 0 aliphatic heterocycles. The normalized spacial score (nSPS) is 16.8. The largest absolute Gasteiger partial charge is 0.289 e. The van der Waals surface area contributed by atoms with Crippen LogP contribution in [0.5, 0.6) is 0 Å². The standard InChI is InChI=1S/C12H15ClN2O4S/c1-14(9-4-2-3-5-9)20(18,19)10-6-7-11(13)12(8-10)15(16)17/h6-9H,2-5H2,1H3. The number of sulfonamides is 1. The van der Waals surface area contributed by atoms with Gasteiger partial charge < -0.3 is 0 Å². The Hall–Kier alpha value is -1.18. The quantitative estimate of drug-likeness (QED) is 0.631. The second-order valence-corrected chi connectivity index (χ2v) is 7.23.